The molecule has 1 aliphatic carbocycles. The van der Waals surface area contributed by atoms with Gasteiger partial charge in [-0.2, -0.15) is 0 Å². The maximum absolute atomic E-state index is 12.1. The summed E-state index contributed by atoms with van der Waals surface area (Å²) in [6.07, 6.45) is 5.46. The molecule has 1 saturated heterocycles. The largest absolute Gasteiger partial charge is 0.273 e. The van der Waals surface area contributed by atoms with Crippen molar-refractivity contribution in [2.45, 2.75) is 38.4 Å². The van der Waals surface area contributed by atoms with Crippen LogP contribution >= 0.6 is 11.9 Å². The fraction of sp³-hybridized carbons (Fsp3) is 0.667. The molecule has 2 atom stereocenters. The lowest BCUT2D eigenvalue weighted by atomic mass is 9.85. The Bertz CT molecular complexity index is 331. The molecule has 1 aliphatic heterocycles. The van der Waals surface area contributed by atoms with Crippen LogP contribution in [0.5, 0.6) is 0 Å². The molecule has 4 heteroatoms. The molecular weight excluding hydrogens is 222 g/mol. The fourth-order valence-electron chi connectivity index (χ4n) is 2.13. The second-order valence-electron chi connectivity index (χ2n) is 5.33. The molecule has 0 aromatic rings. The van der Waals surface area contributed by atoms with Gasteiger partial charge in [-0.1, -0.05) is 12.2 Å². The Morgan fingerprint density at radius 3 is 1.94 bits per heavy atom. The van der Waals surface area contributed by atoms with Crippen molar-refractivity contribution in [3.05, 3.63) is 12.2 Å². The highest BCUT2D eigenvalue weighted by molar-refractivity contribution is 7.99. The summed E-state index contributed by atoms with van der Waals surface area (Å²) in [6.45, 7) is 6.04. The molecule has 0 aromatic carbocycles. The molecule has 0 radical (unpaired) electrons. The van der Waals surface area contributed by atoms with E-state index in [1.807, 2.05) is 32.9 Å². The second kappa shape index (κ2) is 3.91. The minimum Gasteiger partial charge on any atom is -0.273 e. The molecule has 0 spiro atoms. The first-order valence-electron chi connectivity index (χ1n) is 5.62. The Labute approximate surface area is 100 Å². The number of fused-ring (bicyclic) bond motifs is 1. The van der Waals surface area contributed by atoms with Crippen LogP contribution in [0.15, 0.2) is 12.2 Å². The van der Waals surface area contributed by atoms with Crippen LogP contribution in [0.4, 0.5) is 0 Å². The Balaban J connectivity index is 2.18. The van der Waals surface area contributed by atoms with Crippen LogP contribution in [-0.4, -0.2) is 20.9 Å². The number of amides is 2. The lowest BCUT2D eigenvalue weighted by molar-refractivity contribution is -0.133. The number of allylic oxidation sites excluding steroid dienone is 2. The molecule has 3 nitrogen and oxygen atoms in total. The summed E-state index contributed by atoms with van der Waals surface area (Å²) in [5, 5.41) is 0. The molecule has 0 aromatic heterocycles. The SMILES string of the molecule is CC(C)(C)SN1C(=O)C2CC=CCC2C1=O. The summed E-state index contributed by atoms with van der Waals surface area (Å²) in [7, 11) is 0. The van der Waals surface area contributed by atoms with Crippen molar-refractivity contribution in [3.63, 3.8) is 0 Å². The van der Waals surface area contributed by atoms with Crippen molar-refractivity contribution >= 4 is 23.8 Å². The van der Waals surface area contributed by atoms with Crippen LogP contribution in [0.1, 0.15) is 33.6 Å². The van der Waals surface area contributed by atoms with Gasteiger partial charge in [0.05, 0.1) is 11.8 Å². The van der Waals surface area contributed by atoms with Gasteiger partial charge in [-0.15, -0.1) is 0 Å². The van der Waals surface area contributed by atoms with Gasteiger partial charge in [0.2, 0.25) is 11.8 Å². The predicted octanol–water partition coefficient (Wildman–Crippen LogP) is 2.38. The molecule has 0 bridgehead atoms. The van der Waals surface area contributed by atoms with E-state index in [0.29, 0.717) is 0 Å². The van der Waals surface area contributed by atoms with E-state index in [2.05, 4.69) is 0 Å². The maximum atomic E-state index is 12.1. The average Bonchev–Trinajstić information content (AvgIpc) is 2.43. The molecule has 1 heterocycles. The van der Waals surface area contributed by atoms with Crippen LogP contribution in [0.2, 0.25) is 0 Å². The fourth-order valence-corrected chi connectivity index (χ4v) is 3.13. The Morgan fingerprint density at radius 1 is 1.12 bits per heavy atom. The van der Waals surface area contributed by atoms with Gasteiger partial charge in [-0.25, -0.2) is 4.31 Å². The molecule has 2 aliphatic rings. The topological polar surface area (TPSA) is 37.4 Å². The highest BCUT2D eigenvalue weighted by atomic mass is 32.2. The van der Waals surface area contributed by atoms with Gasteiger partial charge in [-0.05, 0) is 45.6 Å². The molecule has 2 rings (SSSR count). The molecule has 2 unspecified atom stereocenters. The van der Waals surface area contributed by atoms with Crippen molar-refractivity contribution in [1.29, 1.82) is 0 Å². The minimum absolute atomic E-state index is 0.000671. The predicted molar refractivity (Wildman–Crippen MR) is 64.6 cm³/mol. The first kappa shape index (κ1) is 11.7. The van der Waals surface area contributed by atoms with Crippen LogP contribution in [0, 0.1) is 11.8 Å². The van der Waals surface area contributed by atoms with Crippen molar-refractivity contribution < 1.29 is 9.59 Å². The summed E-state index contributed by atoms with van der Waals surface area (Å²) in [6, 6.07) is 0. The maximum Gasteiger partial charge on any atom is 0.243 e. The van der Waals surface area contributed by atoms with Gasteiger partial charge < -0.3 is 0 Å². The zero-order chi connectivity index (χ0) is 11.9. The first-order chi connectivity index (χ1) is 7.40. The van der Waals surface area contributed by atoms with Gasteiger partial charge in [0.25, 0.3) is 0 Å². The number of hydrogen-bond donors (Lipinski definition) is 0. The number of carbonyl (C=O) groups is 2. The summed E-state index contributed by atoms with van der Waals surface area (Å²) in [4.78, 5) is 24.2. The summed E-state index contributed by atoms with van der Waals surface area (Å²) in [5.41, 5.74) is 0. The van der Waals surface area contributed by atoms with Crippen molar-refractivity contribution in [2.75, 3.05) is 0 Å². The standard InChI is InChI=1S/C12H17NO2S/c1-12(2,3)16-13-10(14)8-6-4-5-7-9(8)11(13)15/h4-5,8-9H,6-7H2,1-3H3. The van der Waals surface area contributed by atoms with E-state index in [9.17, 15) is 9.59 Å². The Morgan fingerprint density at radius 2 is 1.56 bits per heavy atom. The summed E-state index contributed by atoms with van der Waals surface area (Å²) in [5.74, 6) is -0.210. The zero-order valence-corrected chi connectivity index (χ0v) is 10.7. The van der Waals surface area contributed by atoms with Crippen LogP contribution in [0.25, 0.3) is 0 Å². The van der Waals surface area contributed by atoms with E-state index in [0.717, 1.165) is 12.8 Å². The number of nitrogens with zero attached hydrogens (tertiary/aromatic N) is 1. The quantitative estimate of drug-likeness (QED) is 0.400. The lowest BCUT2D eigenvalue weighted by Gasteiger charge is -2.23. The van der Waals surface area contributed by atoms with Gasteiger partial charge in [0.15, 0.2) is 0 Å². The van der Waals surface area contributed by atoms with Gasteiger partial charge in [0, 0.05) is 4.75 Å². The number of carbonyl (C=O) groups excluding carboxylic acids is 2. The Kier molecular flexibility index (Phi) is 2.86. The molecule has 88 valence electrons. The third-order valence-corrected chi connectivity index (χ3v) is 3.92. The van der Waals surface area contributed by atoms with Crippen molar-refractivity contribution in [2.24, 2.45) is 11.8 Å². The summed E-state index contributed by atoms with van der Waals surface area (Å²) < 4.78 is 1.29. The monoisotopic (exact) mass is 239 g/mol. The van der Waals surface area contributed by atoms with E-state index < -0.39 is 0 Å². The molecule has 0 N–H and O–H groups in total. The Hall–Kier alpha value is -0.770. The van der Waals surface area contributed by atoms with Gasteiger partial charge >= 0.3 is 0 Å². The average molecular weight is 239 g/mol. The third kappa shape index (κ3) is 2.03. The van der Waals surface area contributed by atoms with Crippen LogP contribution in [-0.2, 0) is 9.59 Å². The van der Waals surface area contributed by atoms with E-state index in [4.69, 9.17) is 0 Å². The van der Waals surface area contributed by atoms with Gasteiger partial charge in [-0.3, -0.25) is 9.59 Å². The van der Waals surface area contributed by atoms with Crippen molar-refractivity contribution in [3.8, 4) is 0 Å². The van der Waals surface area contributed by atoms with Crippen LogP contribution in [0.3, 0.4) is 0 Å². The highest BCUT2D eigenvalue weighted by Gasteiger charge is 2.48. The van der Waals surface area contributed by atoms with Crippen molar-refractivity contribution in [1.82, 2.24) is 4.31 Å². The number of imide groups is 1. The van der Waals surface area contributed by atoms with E-state index >= 15 is 0 Å². The van der Waals surface area contributed by atoms with Crippen LogP contribution < -0.4 is 0 Å². The zero-order valence-electron chi connectivity index (χ0n) is 9.90. The third-order valence-electron chi connectivity index (χ3n) is 2.83. The highest BCUT2D eigenvalue weighted by Crippen LogP contribution is 2.41. The number of rotatable bonds is 1. The summed E-state index contributed by atoms with van der Waals surface area (Å²) >= 11 is 1.35. The van der Waals surface area contributed by atoms with E-state index in [1.165, 1.54) is 16.3 Å². The van der Waals surface area contributed by atoms with E-state index in [1.54, 1.807) is 0 Å². The molecule has 0 saturated carbocycles. The molecule has 16 heavy (non-hydrogen) atoms. The lowest BCUT2D eigenvalue weighted by Crippen LogP contribution is -2.29. The van der Waals surface area contributed by atoms with Gasteiger partial charge in [0.1, 0.15) is 0 Å². The minimum atomic E-state index is -0.105. The van der Waals surface area contributed by atoms with E-state index in [-0.39, 0.29) is 28.4 Å². The molecule has 1 fully saturated rings. The second-order valence-corrected chi connectivity index (χ2v) is 7.10. The smallest absolute Gasteiger partial charge is 0.243 e. The number of hydrogen-bond acceptors (Lipinski definition) is 3. The normalized spacial score (nSPS) is 29.8. The molecular formula is C12H17NO2S. The molecule has 2 amide bonds. The first-order valence-corrected chi connectivity index (χ1v) is 6.39.